The molecule has 0 radical (unpaired) electrons. The van der Waals surface area contributed by atoms with Crippen LogP contribution >= 0.6 is 0 Å². The number of ether oxygens (including phenoxy) is 2. The van der Waals surface area contributed by atoms with Crippen molar-refractivity contribution >= 4 is 5.91 Å². The molecule has 7 heteroatoms. The summed E-state index contributed by atoms with van der Waals surface area (Å²) in [6.45, 7) is 6.42. The third-order valence-corrected chi connectivity index (χ3v) is 4.69. The van der Waals surface area contributed by atoms with Crippen molar-refractivity contribution in [2.45, 2.75) is 13.0 Å². The Morgan fingerprint density at radius 2 is 2.04 bits per heavy atom. The molecule has 1 aromatic rings. The highest BCUT2D eigenvalue weighted by atomic mass is 19.1. The number of hydrogen-bond acceptors (Lipinski definition) is 4. The zero-order valence-corrected chi connectivity index (χ0v) is 13.7. The number of carbonyl (C=O) groups excluding carboxylic acids is 1. The molecule has 5 nitrogen and oxygen atoms in total. The van der Waals surface area contributed by atoms with E-state index in [-0.39, 0.29) is 18.3 Å². The van der Waals surface area contributed by atoms with Gasteiger partial charge in [-0.2, -0.15) is 0 Å². The van der Waals surface area contributed by atoms with Crippen LogP contribution in [0.25, 0.3) is 0 Å². The van der Waals surface area contributed by atoms with Crippen LogP contribution in [0.3, 0.4) is 0 Å². The fraction of sp³-hybridized carbons (Fsp3) is 0.588. The molecule has 2 atom stereocenters. The van der Waals surface area contributed by atoms with Crippen LogP contribution in [0.2, 0.25) is 0 Å². The third kappa shape index (κ3) is 3.84. The summed E-state index contributed by atoms with van der Waals surface area (Å²) in [5.74, 6) is -1.39. The van der Waals surface area contributed by atoms with Crippen LogP contribution in [0, 0.1) is 17.6 Å². The Hall–Kier alpha value is -1.73. The number of halogens is 2. The molecule has 1 amide bonds. The number of nitrogens with zero attached hydrogens (tertiary/aromatic N) is 2. The molecular formula is C17H22F2N2O3. The Balaban J connectivity index is 1.53. The van der Waals surface area contributed by atoms with Crippen LogP contribution in [-0.2, 0) is 9.53 Å². The van der Waals surface area contributed by atoms with E-state index in [1.807, 2.05) is 0 Å². The van der Waals surface area contributed by atoms with Gasteiger partial charge < -0.3 is 14.4 Å². The Labute approximate surface area is 140 Å². The molecule has 0 saturated carbocycles. The van der Waals surface area contributed by atoms with Gasteiger partial charge in [-0.15, -0.1) is 0 Å². The van der Waals surface area contributed by atoms with Crippen LogP contribution < -0.4 is 4.74 Å². The molecule has 0 bridgehead atoms. The number of hydrogen-bond donors (Lipinski definition) is 0. The molecule has 0 unspecified atom stereocenters. The standard InChI is InChI=1S/C17H22F2N2O3/c1-12-9-21(10-15(12)20-4-6-23-7-5-20)17(22)11-24-16-3-2-13(18)8-14(16)19/h2-3,8,12,15H,4-7,9-11H2,1H3/t12-,15-/m0/s1. The van der Waals surface area contributed by atoms with E-state index >= 15 is 0 Å². The van der Waals surface area contributed by atoms with Crippen molar-refractivity contribution in [3.8, 4) is 5.75 Å². The molecule has 24 heavy (non-hydrogen) atoms. The summed E-state index contributed by atoms with van der Waals surface area (Å²) in [7, 11) is 0. The average Bonchev–Trinajstić information content (AvgIpc) is 2.96. The second-order valence-corrected chi connectivity index (χ2v) is 6.36. The number of amides is 1. The highest BCUT2D eigenvalue weighted by molar-refractivity contribution is 5.78. The van der Waals surface area contributed by atoms with E-state index in [1.165, 1.54) is 6.07 Å². The minimum Gasteiger partial charge on any atom is -0.481 e. The predicted octanol–water partition coefficient (Wildman–Crippen LogP) is 1.52. The monoisotopic (exact) mass is 340 g/mol. The topological polar surface area (TPSA) is 42.0 Å². The summed E-state index contributed by atoms with van der Waals surface area (Å²) in [4.78, 5) is 16.5. The number of benzene rings is 1. The second kappa shape index (κ2) is 7.44. The van der Waals surface area contributed by atoms with Crippen LogP contribution in [-0.4, -0.2) is 67.7 Å². The van der Waals surface area contributed by atoms with E-state index in [4.69, 9.17) is 9.47 Å². The van der Waals surface area contributed by atoms with Crippen molar-refractivity contribution in [3.63, 3.8) is 0 Å². The first-order chi connectivity index (χ1) is 11.5. The molecule has 2 aliphatic rings. The van der Waals surface area contributed by atoms with Gasteiger partial charge in [0.05, 0.1) is 13.2 Å². The fourth-order valence-corrected chi connectivity index (χ4v) is 3.36. The van der Waals surface area contributed by atoms with Gasteiger partial charge in [0, 0.05) is 38.3 Å². The van der Waals surface area contributed by atoms with Gasteiger partial charge >= 0.3 is 0 Å². The van der Waals surface area contributed by atoms with E-state index in [2.05, 4.69) is 11.8 Å². The van der Waals surface area contributed by atoms with E-state index in [0.717, 1.165) is 38.4 Å². The average molecular weight is 340 g/mol. The Morgan fingerprint density at radius 3 is 2.75 bits per heavy atom. The van der Waals surface area contributed by atoms with E-state index in [0.29, 0.717) is 25.0 Å². The van der Waals surface area contributed by atoms with E-state index in [1.54, 1.807) is 4.90 Å². The molecule has 0 aromatic heterocycles. The minimum absolute atomic E-state index is 0.110. The molecule has 132 valence electrons. The highest BCUT2D eigenvalue weighted by Gasteiger charge is 2.36. The molecular weight excluding hydrogens is 318 g/mol. The van der Waals surface area contributed by atoms with Crippen molar-refractivity contribution in [2.24, 2.45) is 5.92 Å². The van der Waals surface area contributed by atoms with Crippen LogP contribution in [0.4, 0.5) is 8.78 Å². The molecule has 1 aromatic carbocycles. The summed E-state index contributed by atoms with van der Waals surface area (Å²) in [5, 5.41) is 0. The Morgan fingerprint density at radius 1 is 1.29 bits per heavy atom. The molecule has 2 fully saturated rings. The van der Waals surface area contributed by atoms with Crippen molar-refractivity contribution in [3.05, 3.63) is 29.8 Å². The van der Waals surface area contributed by atoms with E-state index in [9.17, 15) is 13.6 Å². The lowest BCUT2D eigenvalue weighted by molar-refractivity contribution is -0.132. The van der Waals surface area contributed by atoms with Gasteiger partial charge in [0.15, 0.2) is 18.2 Å². The molecule has 2 heterocycles. The van der Waals surface area contributed by atoms with Crippen molar-refractivity contribution in [1.82, 2.24) is 9.80 Å². The van der Waals surface area contributed by atoms with Gasteiger partial charge in [-0.25, -0.2) is 8.78 Å². The van der Waals surface area contributed by atoms with Crippen LogP contribution in [0.15, 0.2) is 18.2 Å². The van der Waals surface area contributed by atoms with Crippen LogP contribution in [0.5, 0.6) is 5.75 Å². The molecule has 0 spiro atoms. The van der Waals surface area contributed by atoms with Gasteiger partial charge in [0.25, 0.3) is 5.91 Å². The number of morpholine rings is 1. The smallest absolute Gasteiger partial charge is 0.260 e. The first-order valence-corrected chi connectivity index (χ1v) is 8.22. The largest absolute Gasteiger partial charge is 0.481 e. The highest BCUT2D eigenvalue weighted by Crippen LogP contribution is 2.23. The second-order valence-electron chi connectivity index (χ2n) is 6.36. The normalized spacial score (nSPS) is 25.0. The summed E-state index contributed by atoms with van der Waals surface area (Å²) < 4.78 is 37.0. The van der Waals surface area contributed by atoms with Gasteiger partial charge in [-0.3, -0.25) is 9.69 Å². The number of likely N-dealkylation sites (tertiary alicyclic amines) is 1. The molecule has 0 N–H and O–H groups in total. The lowest BCUT2D eigenvalue weighted by atomic mass is 10.0. The number of rotatable bonds is 4. The number of carbonyl (C=O) groups is 1. The lowest BCUT2D eigenvalue weighted by Gasteiger charge is -2.33. The third-order valence-electron chi connectivity index (χ3n) is 4.69. The lowest BCUT2D eigenvalue weighted by Crippen LogP contribution is -2.47. The molecule has 2 aliphatic heterocycles. The predicted molar refractivity (Wildman–Crippen MR) is 83.8 cm³/mol. The maximum Gasteiger partial charge on any atom is 0.260 e. The maximum atomic E-state index is 13.5. The zero-order valence-electron chi connectivity index (χ0n) is 13.7. The first-order valence-electron chi connectivity index (χ1n) is 8.22. The molecule has 3 rings (SSSR count). The van der Waals surface area contributed by atoms with Crippen molar-refractivity contribution in [2.75, 3.05) is 46.0 Å². The minimum atomic E-state index is -0.802. The fourth-order valence-electron chi connectivity index (χ4n) is 3.36. The molecule has 0 aliphatic carbocycles. The van der Waals surface area contributed by atoms with Gasteiger partial charge in [0.1, 0.15) is 5.82 Å². The summed E-state index contributed by atoms with van der Waals surface area (Å²) in [6, 6.07) is 3.36. The van der Waals surface area contributed by atoms with Gasteiger partial charge in [-0.1, -0.05) is 6.92 Å². The quantitative estimate of drug-likeness (QED) is 0.834. The van der Waals surface area contributed by atoms with Crippen molar-refractivity contribution in [1.29, 1.82) is 0 Å². The zero-order chi connectivity index (χ0) is 17.1. The van der Waals surface area contributed by atoms with E-state index < -0.39 is 11.6 Å². The maximum absolute atomic E-state index is 13.5. The Bertz CT molecular complexity index is 593. The molecule has 2 saturated heterocycles. The first kappa shape index (κ1) is 17.1. The summed E-state index contributed by atoms with van der Waals surface area (Å²) in [6.07, 6.45) is 0. The van der Waals surface area contributed by atoms with Crippen LogP contribution in [0.1, 0.15) is 6.92 Å². The van der Waals surface area contributed by atoms with Gasteiger partial charge in [0.2, 0.25) is 0 Å². The summed E-state index contributed by atoms with van der Waals surface area (Å²) in [5.41, 5.74) is 0. The SMILES string of the molecule is C[C@H]1CN(C(=O)COc2ccc(F)cc2F)C[C@@H]1N1CCOCC1. The van der Waals surface area contributed by atoms with Crippen molar-refractivity contribution < 1.29 is 23.0 Å². The Kier molecular flexibility index (Phi) is 5.30. The van der Waals surface area contributed by atoms with Gasteiger partial charge in [-0.05, 0) is 18.1 Å². The summed E-state index contributed by atoms with van der Waals surface area (Å²) >= 11 is 0.